The summed E-state index contributed by atoms with van der Waals surface area (Å²) in [5.41, 5.74) is 16.1. The van der Waals surface area contributed by atoms with Crippen LogP contribution in [0.5, 0.6) is 0 Å². The SMILES string of the molecule is CCCC[C](=[Zr+2])CCCC.Cc1ccc(-c2[c-]c3c(cc2C(C)(C)C)-c2cc(C(C)(C)C)c(-c4ccc(C)cc4)cc2C3)cc1.[C-]1=CC=CC1. The van der Waals surface area contributed by atoms with E-state index in [0.717, 1.165) is 12.8 Å². The molecule has 0 saturated carbocycles. The first-order chi connectivity index (χ1) is 23.7. The predicted octanol–water partition coefficient (Wildman–Crippen LogP) is 14.0. The molecule has 6 rings (SSSR count). The number of aryl methyl sites for hydroxylation is 2. The van der Waals surface area contributed by atoms with E-state index < -0.39 is 0 Å². The van der Waals surface area contributed by atoms with Gasteiger partial charge < -0.3 is 0 Å². The van der Waals surface area contributed by atoms with Crippen LogP contribution in [-0.4, -0.2) is 3.21 Å². The molecule has 0 unspecified atom stereocenters. The van der Waals surface area contributed by atoms with Crippen LogP contribution in [0, 0.1) is 26.0 Å². The average Bonchev–Trinajstić information content (AvgIpc) is 3.77. The number of benzene rings is 4. The minimum atomic E-state index is 0.0310. The van der Waals surface area contributed by atoms with E-state index >= 15 is 0 Å². The molecule has 0 amide bonds. The maximum atomic E-state index is 3.91. The van der Waals surface area contributed by atoms with E-state index in [4.69, 9.17) is 0 Å². The molecule has 4 aromatic rings. The van der Waals surface area contributed by atoms with E-state index in [1.165, 1.54) is 105 Å². The van der Waals surface area contributed by atoms with Gasteiger partial charge in [0.05, 0.1) is 0 Å². The van der Waals surface area contributed by atoms with Gasteiger partial charge in [0, 0.05) is 0 Å². The average molecular weight is 740 g/mol. The zero-order chi connectivity index (χ0) is 36.5. The number of hydrogen-bond acceptors (Lipinski definition) is 0. The topological polar surface area (TPSA) is 0 Å². The van der Waals surface area contributed by atoms with E-state index in [0.29, 0.717) is 0 Å². The third-order valence-corrected chi connectivity index (χ3v) is 10.9. The van der Waals surface area contributed by atoms with Crippen molar-refractivity contribution in [2.75, 3.05) is 0 Å². The van der Waals surface area contributed by atoms with Crippen molar-refractivity contribution in [1.29, 1.82) is 0 Å². The molecule has 0 atom stereocenters. The van der Waals surface area contributed by atoms with Crippen molar-refractivity contribution < 1.29 is 24.2 Å². The second-order valence-electron chi connectivity index (χ2n) is 16.2. The molecule has 0 heterocycles. The fourth-order valence-corrected chi connectivity index (χ4v) is 7.45. The van der Waals surface area contributed by atoms with Crippen molar-refractivity contribution in [3.8, 4) is 33.4 Å². The largest absolute Gasteiger partial charge is 0.273 e. The molecule has 0 fully saturated rings. The Kier molecular flexibility index (Phi) is 14.4. The number of unbranched alkanes of at least 4 members (excludes halogenated alkanes) is 2. The summed E-state index contributed by atoms with van der Waals surface area (Å²) >= 11 is 1.67. The monoisotopic (exact) mass is 738 g/mol. The van der Waals surface area contributed by atoms with Gasteiger partial charge in [-0.3, -0.25) is 6.08 Å². The summed E-state index contributed by atoms with van der Waals surface area (Å²) in [5.74, 6) is 0. The first-order valence-electron chi connectivity index (χ1n) is 18.9. The summed E-state index contributed by atoms with van der Waals surface area (Å²) < 4.78 is 1.79. The Morgan fingerprint density at radius 1 is 0.680 bits per heavy atom. The second-order valence-corrected chi connectivity index (χ2v) is 18.0. The molecule has 260 valence electrons. The van der Waals surface area contributed by atoms with E-state index in [-0.39, 0.29) is 10.8 Å². The molecule has 0 N–H and O–H groups in total. The summed E-state index contributed by atoms with van der Waals surface area (Å²) in [6, 6.07) is 29.2. The number of hydrogen-bond donors (Lipinski definition) is 0. The molecular weight excluding hydrogens is 680 g/mol. The first-order valence-corrected chi connectivity index (χ1v) is 20.1. The van der Waals surface area contributed by atoms with Gasteiger partial charge in [-0.1, -0.05) is 130 Å². The molecule has 4 aromatic carbocycles. The van der Waals surface area contributed by atoms with E-state index in [2.05, 4.69) is 154 Å². The molecule has 0 aliphatic heterocycles. The normalized spacial score (nSPS) is 12.9. The van der Waals surface area contributed by atoms with Crippen LogP contribution in [0.1, 0.15) is 134 Å². The fourth-order valence-electron chi connectivity index (χ4n) is 6.58. The van der Waals surface area contributed by atoms with Crippen molar-refractivity contribution in [3.63, 3.8) is 0 Å². The maximum absolute atomic E-state index is 3.91. The molecule has 0 bridgehead atoms. The molecule has 1 heteroatoms. The van der Waals surface area contributed by atoms with Gasteiger partial charge in [0.2, 0.25) is 0 Å². The van der Waals surface area contributed by atoms with Crippen molar-refractivity contribution in [2.45, 2.75) is 131 Å². The number of fused-ring (bicyclic) bond motifs is 3. The van der Waals surface area contributed by atoms with Crippen LogP contribution in [0.4, 0.5) is 0 Å². The summed E-state index contributed by atoms with van der Waals surface area (Å²) in [7, 11) is 0. The van der Waals surface area contributed by atoms with Gasteiger partial charge in [0.15, 0.2) is 0 Å². The second kappa shape index (κ2) is 18.0. The molecule has 0 nitrogen and oxygen atoms in total. The molecule has 0 aromatic heterocycles. The third kappa shape index (κ3) is 10.8. The van der Waals surface area contributed by atoms with Gasteiger partial charge in [0.25, 0.3) is 0 Å². The zero-order valence-electron chi connectivity index (χ0n) is 32.7. The van der Waals surface area contributed by atoms with Gasteiger partial charge in [-0.2, -0.15) is 6.08 Å². The molecule has 0 spiro atoms. The van der Waals surface area contributed by atoms with Crippen molar-refractivity contribution in [1.82, 2.24) is 0 Å². The van der Waals surface area contributed by atoms with Crippen LogP contribution in [-0.2, 0) is 41.5 Å². The van der Waals surface area contributed by atoms with Gasteiger partial charge in [0.1, 0.15) is 0 Å². The summed E-state index contributed by atoms with van der Waals surface area (Å²) in [4.78, 5) is 0. The Balaban J connectivity index is 0.000000311. The van der Waals surface area contributed by atoms with E-state index in [9.17, 15) is 0 Å². The van der Waals surface area contributed by atoms with Crippen LogP contribution in [0.15, 0.2) is 85.0 Å². The first kappa shape index (κ1) is 39.9. The van der Waals surface area contributed by atoms with Gasteiger partial charge in [-0.05, 0) is 53.4 Å². The van der Waals surface area contributed by atoms with Crippen LogP contribution in [0.3, 0.4) is 0 Å². The maximum Gasteiger partial charge on any atom is -0.0126 e. The van der Waals surface area contributed by atoms with Crippen molar-refractivity contribution in [2.24, 2.45) is 0 Å². The van der Waals surface area contributed by atoms with Crippen LogP contribution >= 0.6 is 0 Å². The Morgan fingerprint density at radius 3 is 1.68 bits per heavy atom. The van der Waals surface area contributed by atoms with E-state index in [1.54, 1.807) is 27.4 Å². The van der Waals surface area contributed by atoms with Gasteiger partial charge in [-0.25, -0.2) is 12.2 Å². The minimum absolute atomic E-state index is 0.0310. The van der Waals surface area contributed by atoms with Crippen LogP contribution in [0.2, 0.25) is 0 Å². The van der Waals surface area contributed by atoms with Crippen molar-refractivity contribution in [3.05, 3.63) is 130 Å². The molecule has 2 aliphatic rings. The molecule has 0 saturated heterocycles. The predicted molar refractivity (Wildman–Crippen MR) is 217 cm³/mol. The Morgan fingerprint density at radius 2 is 1.22 bits per heavy atom. The Labute approximate surface area is 320 Å². The molecule has 2 aliphatic carbocycles. The smallest absolute Gasteiger partial charge is 0.0126 e. The third-order valence-electron chi connectivity index (χ3n) is 9.63. The summed E-state index contributed by atoms with van der Waals surface area (Å²) in [6.45, 7) is 22.8. The molecule has 0 radical (unpaired) electrons. The quantitative estimate of drug-likeness (QED) is 0.139. The molecule has 50 heavy (non-hydrogen) atoms. The summed E-state index contributed by atoms with van der Waals surface area (Å²) in [6.07, 6.45) is 19.3. The number of allylic oxidation sites excluding steroid dienone is 4. The van der Waals surface area contributed by atoms with Gasteiger partial charge in [-0.15, -0.1) is 35.2 Å². The van der Waals surface area contributed by atoms with Crippen LogP contribution < -0.4 is 0 Å². The Bertz CT molecular complexity index is 1650. The van der Waals surface area contributed by atoms with Gasteiger partial charge >= 0.3 is 79.8 Å². The van der Waals surface area contributed by atoms with E-state index in [1.807, 2.05) is 12.2 Å². The van der Waals surface area contributed by atoms with Crippen molar-refractivity contribution >= 4 is 3.21 Å². The Hall–Kier alpha value is -2.89. The number of rotatable bonds is 8. The summed E-state index contributed by atoms with van der Waals surface area (Å²) in [5, 5.41) is 0. The minimum Gasteiger partial charge on any atom is -0.273 e. The van der Waals surface area contributed by atoms with Crippen LogP contribution in [0.25, 0.3) is 33.4 Å². The standard InChI is InChI=1S/C35H37.C9H18.C5H5.Zr/c1-22-9-13-24(14-10-22)30-18-26-17-27-19-31(25-15-11-23(2)12-16-25)33(35(6,7)8)21-29(27)28(26)20-32(30)34(3,4)5;1-3-5-7-9-8-6-4-2;1-2-4-5-3-1;/h9-16,18,20-21H,17H2,1-8H3;3-8H2,1-2H3;1-3H,4H2;/q-1;;-1;+2. The zero-order valence-corrected chi connectivity index (χ0v) is 35.2. The fraction of sp³-hybridized carbons (Fsp3) is 0.408. The molecular formula is C49H60Zr.